The van der Waals surface area contributed by atoms with Crippen LogP contribution < -0.4 is 0 Å². The number of nitrogens with zero attached hydrogens (tertiary/aromatic N) is 4. The minimum absolute atomic E-state index is 0.0355. The summed E-state index contributed by atoms with van der Waals surface area (Å²) >= 11 is 1.44. The van der Waals surface area contributed by atoms with Gasteiger partial charge in [0.15, 0.2) is 0 Å². The third-order valence-electron chi connectivity index (χ3n) is 5.23. The van der Waals surface area contributed by atoms with Crippen molar-refractivity contribution in [2.75, 3.05) is 19.6 Å². The zero-order valence-corrected chi connectivity index (χ0v) is 14.3. The maximum Gasteiger partial charge on any atom is 0.326 e. The van der Waals surface area contributed by atoms with Gasteiger partial charge in [-0.2, -0.15) is 0 Å². The predicted octanol–water partition coefficient (Wildman–Crippen LogP) is 1.13. The van der Waals surface area contributed by atoms with E-state index in [1.807, 2.05) is 6.92 Å². The lowest BCUT2D eigenvalue weighted by Crippen LogP contribution is -2.42. The molecule has 0 aliphatic carbocycles. The molecule has 2 aliphatic heterocycles. The summed E-state index contributed by atoms with van der Waals surface area (Å²) in [5.74, 6) is -1.02. The van der Waals surface area contributed by atoms with Gasteiger partial charge in [0.2, 0.25) is 5.91 Å². The van der Waals surface area contributed by atoms with Gasteiger partial charge in [0.05, 0.1) is 10.6 Å². The number of aryl methyl sites for hydroxylation is 1. The van der Waals surface area contributed by atoms with Crippen molar-refractivity contribution in [1.29, 1.82) is 0 Å². The number of hydrogen-bond donors (Lipinski definition) is 1. The monoisotopic (exact) mass is 338 g/mol. The normalized spacial score (nSPS) is 24.3. The average molecular weight is 338 g/mol. The van der Waals surface area contributed by atoms with Crippen LogP contribution in [0.5, 0.6) is 0 Å². The fourth-order valence-electron chi connectivity index (χ4n) is 3.75. The van der Waals surface area contributed by atoms with E-state index in [0.717, 1.165) is 38.2 Å². The molecule has 0 bridgehead atoms. The minimum atomic E-state index is -0.883. The molecule has 8 heteroatoms. The Morgan fingerprint density at radius 1 is 1.39 bits per heavy atom. The zero-order valence-electron chi connectivity index (χ0n) is 13.5. The van der Waals surface area contributed by atoms with Crippen molar-refractivity contribution in [3.63, 3.8) is 0 Å². The third kappa shape index (κ3) is 3.23. The zero-order chi connectivity index (χ0) is 16.6. The van der Waals surface area contributed by atoms with Crippen LogP contribution in [-0.4, -0.2) is 62.0 Å². The van der Waals surface area contributed by atoms with E-state index in [9.17, 15) is 14.7 Å². The van der Waals surface area contributed by atoms with Crippen LogP contribution in [0.1, 0.15) is 36.8 Å². The number of rotatable bonds is 3. The lowest BCUT2D eigenvalue weighted by Gasteiger charge is -2.39. The lowest BCUT2D eigenvalue weighted by atomic mass is 9.76. The molecule has 0 aromatic carbocycles. The number of likely N-dealkylation sites (tertiary alicyclic amines) is 2. The molecule has 1 spiro atoms. The van der Waals surface area contributed by atoms with Gasteiger partial charge in [-0.15, -0.1) is 5.10 Å². The molecule has 0 radical (unpaired) electrons. The fraction of sp³-hybridized carbons (Fsp3) is 0.733. The van der Waals surface area contributed by atoms with Crippen LogP contribution in [0, 0.1) is 12.3 Å². The fourth-order valence-corrected chi connectivity index (χ4v) is 4.43. The number of aliphatic carboxylic acids is 1. The number of hydrogen-bond acceptors (Lipinski definition) is 6. The van der Waals surface area contributed by atoms with Crippen LogP contribution in [0.15, 0.2) is 0 Å². The number of carbonyl (C=O) groups excluding carboxylic acids is 1. The molecule has 3 rings (SSSR count). The second-order valence-corrected chi connectivity index (χ2v) is 7.60. The molecule has 126 valence electrons. The Kier molecular flexibility index (Phi) is 4.37. The Bertz CT molecular complexity index is 586. The second kappa shape index (κ2) is 6.16. The van der Waals surface area contributed by atoms with E-state index >= 15 is 0 Å². The van der Waals surface area contributed by atoms with Crippen LogP contribution in [-0.2, 0) is 16.1 Å². The van der Waals surface area contributed by atoms with Gasteiger partial charge in [-0.05, 0) is 56.2 Å². The second-order valence-electron chi connectivity index (χ2n) is 6.76. The molecule has 1 atom stereocenters. The van der Waals surface area contributed by atoms with Crippen LogP contribution in [0.3, 0.4) is 0 Å². The molecule has 1 amide bonds. The Balaban J connectivity index is 1.63. The van der Waals surface area contributed by atoms with Crippen molar-refractivity contribution in [1.82, 2.24) is 19.4 Å². The Morgan fingerprint density at radius 2 is 2.09 bits per heavy atom. The Labute approximate surface area is 139 Å². The van der Waals surface area contributed by atoms with E-state index < -0.39 is 12.0 Å². The van der Waals surface area contributed by atoms with Gasteiger partial charge >= 0.3 is 5.97 Å². The minimum Gasteiger partial charge on any atom is -0.480 e. The molecular formula is C15H22N4O3S. The SMILES string of the molecule is CC(=O)N1CC2(CCN(Cc3snnc3C)CC2)C[C@H]1C(=O)O. The Morgan fingerprint density at radius 3 is 2.57 bits per heavy atom. The van der Waals surface area contributed by atoms with Gasteiger partial charge in [0.1, 0.15) is 6.04 Å². The molecule has 3 heterocycles. The van der Waals surface area contributed by atoms with Gasteiger partial charge in [0.25, 0.3) is 0 Å². The third-order valence-corrected chi connectivity index (χ3v) is 6.04. The summed E-state index contributed by atoms with van der Waals surface area (Å²) in [5, 5.41) is 13.4. The number of piperidine rings is 1. The summed E-state index contributed by atoms with van der Waals surface area (Å²) in [6, 6.07) is -0.660. The lowest BCUT2D eigenvalue weighted by molar-refractivity contribution is -0.147. The van der Waals surface area contributed by atoms with Gasteiger partial charge in [0, 0.05) is 20.0 Å². The quantitative estimate of drug-likeness (QED) is 0.889. The average Bonchev–Trinajstić information content (AvgIpc) is 3.07. The Hall–Kier alpha value is -1.54. The molecule has 2 saturated heterocycles. The standard InChI is InChI=1S/C15H22N4O3S/c1-10-13(23-17-16-10)8-18-5-3-15(4-6-18)7-12(14(21)22)19(9-15)11(2)20/h12H,3-9H2,1-2H3,(H,21,22)/t12-/m0/s1. The van der Waals surface area contributed by atoms with Crippen molar-refractivity contribution in [2.24, 2.45) is 5.41 Å². The molecule has 0 saturated carbocycles. The topological polar surface area (TPSA) is 86.6 Å². The molecular weight excluding hydrogens is 316 g/mol. The summed E-state index contributed by atoms with van der Waals surface area (Å²) in [6.45, 7) is 6.73. The summed E-state index contributed by atoms with van der Waals surface area (Å²) in [5.41, 5.74) is 0.955. The van der Waals surface area contributed by atoms with E-state index in [-0.39, 0.29) is 11.3 Å². The maximum atomic E-state index is 11.7. The highest BCUT2D eigenvalue weighted by molar-refractivity contribution is 7.05. The van der Waals surface area contributed by atoms with Crippen LogP contribution in [0.25, 0.3) is 0 Å². The van der Waals surface area contributed by atoms with Crippen molar-refractivity contribution in [3.05, 3.63) is 10.6 Å². The molecule has 1 aromatic heterocycles. The van der Waals surface area contributed by atoms with E-state index in [1.165, 1.54) is 28.2 Å². The molecule has 1 aromatic rings. The summed E-state index contributed by atoms with van der Waals surface area (Å²) in [7, 11) is 0. The highest BCUT2D eigenvalue weighted by Crippen LogP contribution is 2.43. The highest BCUT2D eigenvalue weighted by Gasteiger charge is 2.49. The first kappa shape index (κ1) is 16.3. The molecule has 1 N–H and O–H groups in total. The number of amides is 1. The van der Waals surface area contributed by atoms with Crippen molar-refractivity contribution in [3.8, 4) is 0 Å². The first-order valence-electron chi connectivity index (χ1n) is 7.90. The smallest absolute Gasteiger partial charge is 0.326 e. The maximum absolute atomic E-state index is 11.7. The molecule has 2 aliphatic rings. The van der Waals surface area contributed by atoms with Gasteiger partial charge < -0.3 is 10.0 Å². The predicted molar refractivity (Wildman–Crippen MR) is 85.0 cm³/mol. The largest absolute Gasteiger partial charge is 0.480 e. The molecule has 23 heavy (non-hydrogen) atoms. The van der Waals surface area contributed by atoms with E-state index in [4.69, 9.17) is 0 Å². The van der Waals surface area contributed by atoms with Crippen molar-refractivity contribution < 1.29 is 14.7 Å². The first-order valence-corrected chi connectivity index (χ1v) is 8.68. The summed E-state index contributed by atoms with van der Waals surface area (Å²) in [6.07, 6.45) is 2.45. The molecule has 7 nitrogen and oxygen atoms in total. The first-order chi connectivity index (χ1) is 10.9. The number of carboxylic acids is 1. The number of aromatic nitrogens is 2. The number of carboxylic acid groups (broad SMARTS) is 1. The van der Waals surface area contributed by atoms with Gasteiger partial charge in [-0.3, -0.25) is 9.69 Å². The highest BCUT2D eigenvalue weighted by atomic mass is 32.1. The van der Waals surface area contributed by atoms with Gasteiger partial charge in [-0.25, -0.2) is 4.79 Å². The molecule has 0 unspecified atom stereocenters. The van der Waals surface area contributed by atoms with Crippen molar-refractivity contribution in [2.45, 2.75) is 45.7 Å². The van der Waals surface area contributed by atoms with Gasteiger partial charge in [-0.1, -0.05) is 4.49 Å². The van der Waals surface area contributed by atoms with E-state index in [2.05, 4.69) is 14.5 Å². The number of carbonyl (C=O) groups is 2. The van der Waals surface area contributed by atoms with Crippen LogP contribution >= 0.6 is 11.5 Å². The van der Waals surface area contributed by atoms with Crippen LogP contribution in [0.2, 0.25) is 0 Å². The van der Waals surface area contributed by atoms with E-state index in [1.54, 1.807) is 0 Å². The van der Waals surface area contributed by atoms with Crippen LogP contribution in [0.4, 0.5) is 0 Å². The summed E-state index contributed by atoms with van der Waals surface area (Å²) < 4.78 is 3.97. The molecule has 2 fully saturated rings. The van der Waals surface area contributed by atoms with Crippen molar-refractivity contribution >= 4 is 23.4 Å². The van der Waals surface area contributed by atoms with E-state index in [0.29, 0.717) is 13.0 Å². The summed E-state index contributed by atoms with van der Waals surface area (Å²) in [4.78, 5) is 28.3.